The van der Waals surface area contributed by atoms with Gasteiger partial charge in [-0.25, -0.2) is 4.98 Å². The highest BCUT2D eigenvalue weighted by molar-refractivity contribution is 5.81. The van der Waals surface area contributed by atoms with Crippen molar-refractivity contribution in [3.63, 3.8) is 0 Å². The van der Waals surface area contributed by atoms with Crippen LogP contribution in [0.4, 0.5) is 0 Å². The van der Waals surface area contributed by atoms with Crippen molar-refractivity contribution in [3.8, 4) is 0 Å². The van der Waals surface area contributed by atoms with Gasteiger partial charge in [0.2, 0.25) is 5.91 Å². The molecule has 1 unspecified atom stereocenters. The van der Waals surface area contributed by atoms with Gasteiger partial charge in [0, 0.05) is 32.0 Å². The molecule has 0 aliphatic carbocycles. The number of piperidine rings is 1. The number of imidazole rings is 1. The fourth-order valence-electron chi connectivity index (χ4n) is 2.81. The maximum Gasteiger partial charge on any atom is 0.239 e. The van der Waals surface area contributed by atoms with Gasteiger partial charge in [-0.15, -0.1) is 0 Å². The minimum Gasteiger partial charge on any atom is -0.341 e. The quantitative estimate of drug-likeness (QED) is 0.933. The van der Waals surface area contributed by atoms with E-state index in [0.717, 1.165) is 37.3 Å². The Morgan fingerprint density at radius 1 is 1.33 bits per heavy atom. The van der Waals surface area contributed by atoms with Crippen LogP contribution in [0.1, 0.15) is 31.9 Å². The molecule has 1 amide bonds. The number of rotatable bonds is 4. The second-order valence-electron chi connectivity index (χ2n) is 5.69. The SMILES string of the molecule is CC(NCc1cn2ccccc2n1)C(=O)N1CCCCC1. The van der Waals surface area contributed by atoms with Crippen molar-refractivity contribution in [2.75, 3.05) is 13.1 Å². The summed E-state index contributed by atoms with van der Waals surface area (Å²) in [5.74, 6) is 0.207. The minimum absolute atomic E-state index is 0.159. The van der Waals surface area contributed by atoms with Crippen molar-refractivity contribution < 1.29 is 4.79 Å². The highest BCUT2D eigenvalue weighted by atomic mass is 16.2. The Kier molecular flexibility index (Phi) is 4.20. The molecule has 5 nitrogen and oxygen atoms in total. The molecule has 0 spiro atoms. The van der Waals surface area contributed by atoms with Crippen molar-refractivity contribution in [2.45, 2.75) is 38.8 Å². The molecule has 2 aromatic heterocycles. The van der Waals surface area contributed by atoms with Gasteiger partial charge in [-0.2, -0.15) is 0 Å². The smallest absolute Gasteiger partial charge is 0.239 e. The third kappa shape index (κ3) is 3.24. The number of carbonyl (C=O) groups excluding carboxylic acids is 1. The van der Waals surface area contributed by atoms with Crippen LogP contribution in [0.15, 0.2) is 30.6 Å². The number of hydrogen-bond donors (Lipinski definition) is 1. The van der Waals surface area contributed by atoms with E-state index in [1.807, 2.05) is 46.8 Å². The number of hydrogen-bond acceptors (Lipinski definition) is 3. The monoisotopic (exact) mass is 286 g/mol. The number of nitrogens with one attached hydrogen (secondary N) is 1. The first-order valence-electron chi connectivity index (χ1n) is 7.69. The first-order valence-corrected chi connectivity index (χ1v) is 7.69. The topological polar surface area (TPSA) is 49.6 Å². The Bertz CT molecular complexity index is 583. The van der Waals surface area contributed by atoms with Crippen LogP contribution in [0.3, 0.4) is 0 Å². The zero-order chi connectivity index (χ0) is 14.7. The molecular weight excluding hydrogens is 264 g/mol. The standard InChI is InChI=1S/C16H22N4O/c1-13(16(21)19-8-4-2-5-9-19)17-11-14-12-20-10-6-3-7-15(20)18-14/h3,6-7,10,12-13,17H,2,4-5,8-9,11H2,1H3. The summed E-state index contributed by atoms with van der Waals surface area (Å²) < 4.78 is 1.99. The number of pyridine rings is 1. The number of carbonyl (C=O) groups is 1. The molecule has 2 aromatic rings. The van der Waals surface area contributed by atoms with E-state index < -0.39 is 0 Å². The molecule has 0 radical (unpaired) electrons. The van der Waals surface area contributed by atoms with Crippen LogP contribution in [-0.4, -0.2) is 39.3 Å². The van der Waals surface area contributed by atoms with E-state index >= 15 is 0 Å². The third-order valence-corrected chi connectivity index (χ3v) is 4.04. The predicted octanol–water partition coefficient (Wildman–Crippen LogP) is 1.82. The summed E-state index contributed by atoms with van der Waals surface area (Å²) in [6, 6.07) is 5.77. The second kappa shape index (κ2) is 6.26. The predicted molar refractivity (Wildman–Crippen MR) is 81.9 cm³/mol. The Morgan fingerprint density at radius 3 is 2.90 bits per heavy atom. The lowest BCUT2D eigenvalue weighted by Crippen LogP contribution is -2.46. The summed E-state index contributed by atoms with van der Waals surface area (Å²) in [4.78, 5) is 18.8. The van der Waals surface area contributed by atoms with Crippen LogP contribution in [0.5, 0.6) is 0 Å². The molecule has 1 saturated heterocycles. The molecule has 3 rings (SSSR count). The van der Waals surface area contributed by atoms with E-state index in [2.05, 4.69) is 10.3 Å². The summed E-state index contributed by atoms with van der Waals surface area (Å²) in [6.07, 6.45) is 7.48. The van der Waals surface area contributed by atoms with Gasteiger partial charge in [0.15, 0.2) is 0 Å². The summed E-state index contributed by atoms with van der Waals surface area (Å²) in [7, 11) is 0. The van der Waals surface area contributed by atoms with Gasteiger partial charge in [-0.05, 0) is 38.3 Å². The molecule has 0 bridgehead atoms. The van der Waals surface area contributed by atoms with E-state index in [4.69, 9.17) is 0 Å². The molecule has 0 saturated carbocycles. The second-order valence-corrected chi connectivity index (χ2v) is 5.69. The van der Waals surface area contributed by atoms with Crippen molar-refractivity contribution >= 4 is 11.6 Å². The first-order chi connectivity index (χ1) is 10.2. The van der Waals surface area contributed by atoms with Gasteiger partial charge in [0.25, 0.3) is 0 Å². The van der Waals surface area contributed by atoms with E-state index in [9.17, 15) is 4.79 Å². The lowest BCUT2D eigenvalue weighted by atomic mass is 10.1. The fraction of sp³-hybridized carbons (Fsp3) is 0.500. The van der Waals surface area contributed by atoms with E-state index in [0.29, 0.717) is 6.54 Å². The Hall–Kier alpha value is -1.88. The zero-order valence-corrected chi connectivity index (χ0v) is 12.5. The zero-order valence-electron chi connectivity index (χ0n) is 12.5. The molecule has 112 valence electrons. The molecule has 0 aromatic carbocycles. The third-order valence-electron chi connectivity index (χ3n) is 4.04. The fourth-order valence-corrected chi connectivity index (χ4v) is 2.81. The number of fused-ring (bicyclic) bond motifs is 1. The number of likely N-dealkylation sites (tertiary alicyclic amines) is 1. The normalized spacial score (nSPS) is 17.1. The van der Waals surface area contributed by atoms with Crippen LogP contribution in [0.25, 0.3) is 5.65 Å². The van der Waals surface area contributed by atoms with Crippen molar-refractivity contribution in [1.82, 2.24) is 19.6 Å². The van der Waals surface area contributed by atoms with Crippen LogP contribution >= 0.6 is 0 Å². The average Bonchev–Trinajstić information content (AvgIpc) is 2.95. The number of aromatic nitrogens is 2. The first kappa shape index (κ1) is 14.1. The summed E-state index contributed by atoms with van der Waals surface area (Å²) in [5.41, 5.74) is 1.89. The highest BCUT2D eigenvalue weighted by Crippen LogP contribution is 2.10. The van der Waals surface area contributed by atoms with Crippen LogP contribution in [0, 0.1) is 0 Å². The highest BCUT2D eigenvalue weighted by Gasteiger charge is 2.21. The maximum absolute atomic E-state index is 12.3. The van der Waals surface area contributed by atoms with Crippen molar-refractivity contribution in [3.05, 3.63) is 36.3 Å². The van der Waals surface area contributed by atoms with Gasteiger partial charge in [-0.1, -0.05) is 6.07 Å². The molecule has 1 aliphatic heterocycles. The van der Waals surface area contributed by atoms with Gasteiger partial charge in [0.05, 0.1) is 11.7 Å². The van der Waals surface area contributed by atoms with E-state index in [1.165, 1.54) is 6.42 Å². The maximum atomic E-state index is 12.3. The van der Waals surface area contributed by atoms with Crippen LogP contribution in [-0.2, 0) is 11.3 Å². The minimum atomic E-state index is -0.159. The summed E-state index contributed by atoms with van der Waals surface area (Å²) in [6.45, 7) is 4.35. The molecule has 5 heteroatoms. The molecule has 1 fully saturated rings. The van der Waals surface area contributed by atoms with Crippen LogP contribution in [0.2, 0.25) is 0 Å². The van der Waals surface area contributed by atoms with Crippen LogP contribution < -0.4 is 5.32 Å². The van der Waals surface area contributed by atoms with E-state index in [1.54, 1.807) is 0 Å². The van der Waals surface area contributed by atoms with Gasteiger partial charge in [-0.3, -0.25) is 4.79 Å². The molecule has 3 heterocycles. The molecule has 1 aliphatic rings. The Morgan fingerprint density at radius 2 is 2.14 bits per heavy atom. The van der Waals surface area contributed by atoms with Gasteiger partial charge < -0.3 is 14.6 Å². The number of nitrogens with zero attached hydrogens (tertiary/aromatic N) is 3. The Balaban J connectivity index is 1.57. The summed E-state index contributed by atoms with van der Waals surface area (Å²) in [5, 5.41) is 3.29. The largest absolute Gasteiger partial charge is 0.341 e. The molecule has 21 heavy (non-hydrogen) atoms. The lowest BCUT2D eigenvalue weighted by molar-refractivity contribution is -0.133. The average molecular weight is 286 g/mol. The number of amides is 1. The summed E-state index contributed by atoms with van der Waals surface area (Å²) >= 11 is 0. The van der Waals surface area contributed by atoms with Gasteiger partial charge in [0.1, 0.15) is 5.65 Å². The lowest BCUT2D eigenvalue weighted by Gasteiger charge is -2.29. The molecule has 1 N–H and O–H groups in total. The Labute approximate surface area is 125 Å². The van der Waals surface area contributed by atoms with E-state index in [-0.39, 0.29) is 11.9 Å². The molecular formula is C16H22N4O. The van der Waals surface area contributed by atoms with Gasteiger partial charge >= 0.3 is 0 Å². The van der Waals surface area contributed by atoms with Crippen molar-refractivity contribution in [1.29, 1.82) is 0 Å². The van der Waals surface area contributed by atoms with Crippen molar-refractivity contribution in [2.24, 2.45) is 0 Å². The molecule has 1 atom stereocenters.